The zero-order valence-corrected chi connectivity index (χ0v) is 8.34. The highest BCUT2D eigenvalue weighted by Gasteiger charge is 2.00. The highest BCUT2D eigenvalue weighted by Crippen LogP contribution is 2.11. The first-order valence-electron chi connectivity index (χ1n) is 3.54. The summed E-state index contributed by atoms with van der Waals surface area (Å²) < 4.78 is 4.77. The van der Waals surface area contributed by atoms with Gasteiger partial charge in [0.05, 0.1) is 0 Å². The van der Waals surface area contributed by atoms with Crippen molar-refractivity contribution in [1.82, 2.24) is 0 Å². The molecule has 0 amide bonds. The molecule has 3 heteroatoms. The van der Waals surface area contributed by atoms with Crippen molar-refractivity contribution in [2.75, 3.05) is 0 Å². The Morgan fingerprint density at radius 2 is 2.30 bits per heavy atom. The van der Waals surface area contributed by atoms with Crippen LogP contribution in [0.1, 0.15) is 32.6 Å². The van der Waals surface area contributed by atoms with Crippen molar-refractivity contribution < 1.29 is 9.53 Å². The van der Waals surface area contributed by atoms with Gasteiger partial charge in [0.1, 0.15) is 0 Å². The number of alkyl halides is 1. The summed E-state index contributed by atoms with van der Waals surface area (Å²) >= 11 is 2.13. The van der Waals surface area contributed by atoms with Crippen LogP contribution in [0.2, 0.25) is 0 Å². The molecule has 0 aromatic heterocycles. The van der Waals surface area contributed by atoms with Crippen molar-refractivity contribution in [2.45, 2.75) is 36.7 Å². The van der Waals surface area contributed by atoms with Gasteiger partial charge in [-0.1, -0.05) is 19.8 Å². The minimum absolute atomic E-state index is 0.0710. The molecule has 2 nitrogen and oxygen atoms in total. The van der Waals surface area contributed by atoms with Crippen LogP contribution in [0.5, 0.6) is 0 Å². The lowest BCUT2D eigenvalue weighted by Crippen LogP contribution is -2.01. The van der Waals surface area contributed by atoms with E-state index in [1.54, 1.807) is 0 Å². The summed E-state index contributed by atoms with van der Waals surface area (Å²) in [7, 11) is 0. The van der Waals surface area contributed by atoms with Gasteiger partial charge in [0.25, 0.3) is 6.47 Å². The molecule has 0 aliphatic rings. The van der Waals surface area contributed by atoms with Gasteiger partial charge in [-0.05, 0) is 35.4 Å². The van der Waals surface area contributed by atoms with Crippen LogP contribution in [0, 0.1) is 0 Å². The van der Waals surface area contributed by atoms with Crippen LogP contribution < -0.4 is 0 Å². The molecular formula is C7H13IO2. The molecule has 0 radical (unpaired) electrons. The molecule has 0 heterocycles. The molecule has 0 saturated heterocycles. The number of rotatable bonds is 6. The molecule has 1 unspecified atom stereocenters. The SMILES string of the molecule is CCCCCC(I)OC=O. The summed E-state index contributed by atoms with van der Waals surface area (Å²) in [6.45, 7) is 2.67. The second kappa shape index (κ2) is 7.31. The Balaban J connectivity index is 3.04. The van der Waals surface area contributed by atoms with Crippen LogP contribution in [0.3, 0.4) is 0 Å². The molecule has 0 aliphatic carbocycles. The monoisotopic (exact) mass is 256 g/mol. The molecule has 0 fully saturated rings. The number of hydrogen-bond acceptors (Lipinski definition) is 2. The van der Waals surface area contributed by atoms with Crippen molar-refractivity contribution in [3.8, 4) is 0 Å². The van der Waals surface area contributed by atoms with Crippen LogP contribution in [0.15, 0.2) is 0 Å². The van der Waals surface area contributed by atoms with Gasteiger partial charge in [0, 0.05) is 0 Å². The Hall–Kier alpha value is 0.200. The standard InChI is InChI=1S/C7H13IO2/c1-2-3-4-5-7(8)10-6-9/h6-7H,2-5H2,1H3. The predicted octanol–water partition coefficient (Wildman–Crippen LogP) is 2.50. The van der Waals surface area contributed by atoms with Gasteiger partial charge in [0.2, 0.25) is 0 Å². The summed E-state index contributed by atoms with van der Waals surface area (Å²) in [5.74, 6) is 0. The summed E-state index contributed by atoms with van der Waals surface area (Å²) in [4.78, 5) is 9.82. The molecule has 0 N–H and O–H groups in total. The van der Waals surface area contributed by atoms with E-state index < -0.39 is 0 Å². The molecule has 0 rings (SSSR count). The molecule has 0 saturated carbocycles. The third-order valence-corrected chi connectivity index (χ3v) is 2.15. The molecule has 0 spiro atoms. The Kier molecular flexibility index (Phi) is 7.45. The normalized spacial score (nSPS) is 12.6. The first-order valence-corrected chi connectivity index (χ1v) is 4.79. The highest BCUT2D eigenvalue weighted by molar-refractivity contribution is 14.1. The topological polar surface area (TPSA) is 26.3 Å². The summed E-state index contributed by atoms with van der Waals surface area (Å²) in [5, 5.41) is 0. The van der Waals surface area contributed by atoms with Gasteiger partial charge in [-0.25, -0.2) is 0 Å². The Morgan fingerprint density at radius 3 is 2.80 bits per heavy atom. The maximum Gasteiger partial charge on any atom is 0.294 e. The van der Waals surface area contributed by atoms with Crippen molar-refractivity contribution in [1.29, 1.82) is 0 Å². The molecule has 1 atom stereocenters. The van der Waals surface area contributed by atoms with Crippen LogP contribution in [-0.2, 0) is 9.53 Å². The highest BCUT2D eigenvalue weighted by atomic mass is 127. The van der Waals surface area contributed by atoms with Gasteiger partial charge in [0.15, 0.2) is 4.11 Å². The smallest absolute Gasteiger partial charge is 0.294 e. The zero-order chi connectivity index (χ0) is 7.82. The lowest BCUT2D eigenvalue weighted by atomic mass is 10.2. The van der Waals surface area contributed by atoms with E-state index in [1.807, 2.05) is 0 Å². The Labute approximate surface area is 75.5 Å². The number of carbonyl (C=O) groups excluding carboxylic acids is 1. The number of hydrogen-bond donors (Lipinski definition) is 0. The Morgan fingerprint density at radius 1 is 1.60 bits per heavy atom. The summed E-state index contributed by atoms with van der Waals surface area (Å²) in [6, 6.07) is 0. The second-order valence-electron chi connectivity index (χ2n) is 2.14. The maximum absolute atomic E-state index is 9.82. The molecule has 10 heavy (non-hydrogen) atoms. The number of halogens is 1. The lowest BCUT2D eigenvalue weighted by Gasteiger charge is -2.05. The van der Waals surface area contributed by atoms with E-state index in [2.05, 4.69) is 29.5 Å². The van der Waals surface area contributed by atoms with E-state index in [-0.39, 0.29) is 4.11 Å². The fraction of sp³-hybridized carbons (Fsp3) is 0.857. The third kappa shape index (κ3) is 6.32. The first-order chi connectivity index (χ1) is 4.81. The Bertz CT molecular complexity index is 85.7. The fourth-order valence-electron chi connectivity index (χ4n) is 0.683. The minimum atomic E-state index is 0.0710. The van der Waals surface area contributed by atoms with Crippen molar-refractivity contribution in [2.24, 2.45) is 0 Å². The quantitative estimate of drug-likeness (QED) is 0.316. The van der Waals surface area contributed by atoms with E-state index in [4.69, 9.17) is 4.74 Å². The van der Waals surface area contributed by atoms with Gasteiger partial charge < -0.3 is 4.74 Å². The summed E-state index contributed by atoms with van der Waals surface area (Å²) in [6.07, 6.45) is 4.57. The predicted molar refractivity (Wildman–Crippen MR) is 49.1 cm³/mol. The third-order valence-electron chi connectivity index (χ3n) is 1.24. The van der Waals surface area contributed by atoms with Gasteiger partial charge in [-0.3, -0.25) is 4.79 Å². The molecule has 0 aromatic rings. The van der Waals surface area contributed by atoms with Gasteiger partial charge >= 0.3 is 0 Å². The van der Waals surface area contributed by atoms with E-state index in [0.29, 0.717) is 6.47 Å². The van der Waals surface area contributed by atoms with Gasteiger partial charge in [-0.2, -0.15) is 0 Å². The number of unbranched alkanes of at least 4 members (excludes halogenated alkanes) is 2. The molecule has 0 bridgehead atoms. The largest absolute Gasteiger partial charge is 0.454 e. The second-order valence-corrected chi connectivity index (χ2v) is 3.53. The summed E-state index contributed by atoms with van der Waals surface area (Å²) in [5.41, 5.74) is 0. The van der Waals surface area contributed by atoms with Crippen LogP contribution in [-0.4, -0.2) is 10.6 Å². The van der Waals surface area contributed by atoms with Crippen molar-refractivity contribution in [3.05, 3.63) is 0 Å². The van der Waals surface area contributed by atoms with E-state index in [0.717, 1.165) is 12.8 Å². The average Bonchev–Trinajstić information content (AvgIpc) is 1.89. The van der Waals surface area contributed by atoms with Crippen LogP contribution >= 0.6 is 22.6 Å². The van der Waals surface area contributed by atoms with Crippen molar-refractivity contribution >= 4 is 29.1 Å². The maximum atomic E-state index is 9.82. The fourth-order valence-corrected chi connectivity index (χ4v) is 1.24. The van der Waals surface area contributed by atoms with E-state index >= 15 is 0 Å². The molecule has 0 aliphatic heterocycles. The van der Waals surface area contributed by atoms with Crippen LogP contribution in [0.25, 0.3) is 0 Å². The minimum Gasteiger partial charge on any atom is -0.454 e. The van der Waals surface area contributed by atoms with Crippen molar-refractivity contribution in [3.63, 3.8) is 0 Å². The molecule has 0 aromatic carbocycles. The average molecular weight is 256 g/mol. The first kappa shape index (κ1) is 10.2. The number of carbonyl (C=O) groups is 1. The number of ether oxygens (including phenoxy) is 1. The zero-order valence-electron chi connectivity index (χ0n) is 6.18. The van der Waals surface area contributed by atoms with Crippen LogP contribution in [0.4, 0.5) is 0 Å². The van der Waals surface area contributed by atoms with E-state index in [9.17, 15) is 4.79 Å². The van der Waals surface area contributed by atoms with Gasteiger partial charge in [-0.15, -0.1) is 0 Å². The lowest BCUT2D eigenvalue weighted by molar-refractivity contribution is -0.129. The molecule has 60 valence electrons. The van der Waals surface area contributed by atoms with E-state index in [1.165, 1.54) is 12.8 Å². The molecular weight excluding hydrogens is 243 g/mol.